The molecule has 2 aliphatic rings. The van der Waals surface area contributed by atoms with Gasteiger partial charge >= 0.3 is 6.03 Å². The van der Waals surface area contributed by atoms with Crippen LogP contribution < -0.4 is 5.32 Å². The summed E-state index contributed by atoms with van der Waals surface area (Å²) in [5, 5.41) is 2.23. The van der Waals surface area contributed by atoms with Crippen LogP contribution in [0.25, 0.3) is 0 Å². The van der Waals surface area contributed by atoms with Crippen LogP contribution in [0.2, 0.25) is 0 Å². The van der Waals surface area contributed by atoms with Gasteiger partial charge in [0.05, 0.1) is 6.61 Å². The molecule has 0 aromatic rings. The predicted molar refractivity (Wildman–Crippen MR) is 70.9 cm³/mol. The smallest absolute Gasteiger partial charge is 0.325 e. The molecule has 0 spiro atoms. The number of carbonyl (C=O) groups is 3. The second-order valence-electron chi connectivity index (χ2n) is 5.91. The molecule has 1 unspecified atom stereocenters. The molecule has 0 saturated carbocycles. The van der Waals surface area contributed by atoms with Gasteiger partial charge in [-0.1, -0.05) is 0 Å². The number of likely N-dealkylation sites (N-methyl/N-ethyl adjacent to an activating group) is 1. The van der Waals surface area contributed by atoms with Gasteiger partial charge in [0.25, 0.3) is 5.91 Å². The van der Waals surface area contributed by atoms with Crippen molar-refractivity contribution in [2.75, 3.05) is 33.4 Å². The summed E-state index contributed by atoms with van der Waals surface area (Å²) in [4.78, 5) is 38.4. The predicted octanol–water partition coefficient (Wildman–Crippen LogP) is -0.188. The van der Waals surface area contributed by atoms with Crippen LogP contribution in [0, 0.1) is 5.92 Å². The number of urea groups is 1. The lowest BCUT2D eigenvalue weighted by Crippen LogP contribution is -2.49. The van der Waals surface area contributed by atoms with Gasteiger partial charge in [-0.2, -0.15) is 0 Å². The highest BCUT2D eigenvalue weighted by Crippen LogP contribution is 2.21. The maximum atomic E-state index is 12.2. The van der Waals surface area contributed by atoms with Gasteiger partial charge in [0.15, 0.2) is 0 Å². The van der Waals surface area contributed by atoms with Crippen molar-refractivity contribution in [3.8, 4) is 0 Å². The second-order valence-corrected chi connectivity index (χ2v) is 5.91. The van der Waals surface area contributed by atoms with Crippen molar-refractivity contribution < 1.29 is 19.1 Å². The van der Waals surface area contributed by atoms with Gasteiger partial charge in [-0.05, 0) is 20.3 Å². The highest BCUT2D eigenvalue weighted by molar-refractivity contribution is 6.07. The molecule has 1 N–H and O–H groups in total. The number of amides is 4. The monoisotopic (exact) mass is 283 g/mol. The number of imide groups is 1. The number of hydrogen-bond donors (Lipinski definition) is 1. The number of hydrogen-bond acceptors (Lipinski definition) is 4. The van der Waals surface area contributed by atoms with E-state index in [0.29, 0.717) is 19.1 Å². The number of ether oxygens (including phenoxy) is 1. The minimum absolute atomic E-state index is 0.0886. The van der Waals surface area contributed by atoms with Crippen molar-refractivity contribution in [2.24, 2.45) is 5.92 Å². The van der Waals surface area contributed by atoms with E-state index in [0.717, 1.165) is 13.0 Å². The zero-order chi connectivity index (χ0) is 14.9. The summed E-state index contributed by atoms with van der Waals surface area (Å²) in [7, 11) is 1.71. The van der Waals surface area contributed by atoms with E-state index in [9.17, 15) is 14.4 Å². The van der Waals surface area contributed by atoms with E-state index in [-0.39, 0.29) is 18.4 Å². The Morgan fingerprint density at radius 1 is 1.50 bits per heavy atom. The number of nitrogens with one attached hydrogen (secondary N) is 1. The van der Waals surface area contributed by atoms with E-state index in [1.54, 1.807) is 25.8 Å². The second kappa shape index (κ2) is 5.40. The summed E-state index contributed by atoms with van der Waals surface area (Å²) >= 11 is 0. The van der Waals surface area contributed by atoms with Gasteiger partial charge in [-0.3, -0.25) is 14.9 Å². The maximum absolute atomic E-state index is 12.2. The molecular formula is C13H21N3O4. The van der Waals surface area contributed by atoms with E-state index < -0.39 is 11.6 Å². The Balaban J connectivity index is 1.93. The summed E-state index contributed by atoms with van der Waals surface area (Å²) in [6.45, 7) is 5.20. The molecule has 0 aliphatic carbocycles. The van der Waals surface area contributed by atoms with Crippen molar-refractivity contribution >= 4 is 17.8 Å². The average molecular weight is 283 g/mol. The summed E-state index contributed by atoms with van der Waals surface area (Å²) in [5.41, 5.74) is -0.982. The third kappa shape index (κ3) is 2.77. The Hall–Kier alpha value is -1.63. The fraction of sp³-hybridized carbons (Fsp3) is 0.769. The van der Waals surface area contributed by atoms with Crippen molar-refractivity contribution in [3.05, 3.63) is 0 Å². The molecule has 2 rings (SSSR count). The summed E-state index contributed by atoms with van der Waals surface area (Å²) < 4.78 is 5.28. The normalized spacial score (nSPS) is 24.9. The SMILES string of the molecule is CN(CC1CCOC1)C(=O)CN1C(=O)NC(=O)C1(C)C. The van der Waals surface area contributed by atoms with Crippen molar-refractivity contribution in [2.45, 2.75) is 25.8 Å². The molecule has 112 valence electrons. The highest BCUT2D eigenvalue weighted by Gasteiger charge is 2.46. The standard InChI is InChI=1S/C13H21N3O4/c1-13(2)11(18)14-12(19)16(13)7-10(17)15(3)6-9-4-5-20-8-9/h9H,4-8H2,1-3H3,(H,14,18,19). The van der Waals surface area contributed by atoms with Gasteiger partial charge in [0.1, 0.15) is 12.1 Å². The van der Waals surface area contributed by atoms with Crippen LogP contribution >= 0.6 is 0 Å². The first kappa shape index (κ1) is 14.8. The molecule has 0 radical (unpaired) electrons. The van der Waals surface area contributed by atoms with Crippen LogP contribution in [0.1, 0.15) is 20.3 Å². The van der Waals surface area contributed by atoms with Crippen LogP contribution in [0.15, 0.2) is 0 Å². The molecule has 0 aromatic heterocycles. The molecule has 20 heavy (non-hydrogen) atoms. The van der Waals surface area contributed by atoms with Crippen LogP contribution in [0.5, 0.6) is 0 Å². The van der Waals surface area contributed by atoms with Crippen LogP contribution in [-0.2, 0) is 14.3 Å². The fourth-order valence-electron chi connectivity index (χ4n) is 2.44. The Morgan fingerprint density at radius 3 is 2.70 bits per heavy atom. The van der Waals surface area contributed by atoms with Crippen LogP contribution in [0.4, 0.5) is 4.79 Å². The van der Waals surface area contributed by atoms with Gasteiger partial charge in [0.2, 0.25) is 5.91 Å². The molecule has 2 fully saturated rings. The third-order valence-electron chi connectivity index (χ3n) is 3.97. The molecule has 7 nitrogen and oxygen atoms in total. The Bertz CT molecular complexity index is 429. The Morgan fingerprint density at radius 2 is 2.20 bits per heavy atom. The van der Waals surface area contributed by atoms with Gasteiger partial charge < -0.3 is 14.5 Å². The van der Waals surface area contributed by atoms with E-state index in [1.807, 2.05) is 0 Å². The summed E-state index contributed by atoms with van der Waals surface area (Å²) in [6, 6.07) is -0.508. The van der Waals surface area contributed by atoms with E-state index in [4.69, 9.17) is 4.74 Å². The Labute approximate surface area is 118 Å². The molecule has 2 aliphatic heterocycles. The molecule has 0 aromatic carbocycles. The van der Waals surface area contributed by atoms with E-state index in [1.165, 1.54) is 4.90 Å². The van der Waals surface area contributed by atoms with E-state index in [2.05, 4.69) is 5.32 Å². The number of nitrogens with zero attached hydrogens (tertiary/aromatic N) is 2. The van der Waals surface area contributed by atoms with Crippen molar-refractivity contribution in [1.82, 2.24) is 15.1 Å². The van der Waals surface area contributed by atoms with Crippen molar-refractivity contribution in [1.29, 1.82) is 0 Å². The first-order chi connectivity index (χ1) is 9.32. The van der Waals surface area contributed by atoms with Crippen LogP contribution in [0.3, 0.4) is 0 Å². The molecule has 0 bridgehead atoms. The molecule has 1 atom stereocenters. The molecule has 2 saturated heterocycles. The van der Waals surface area contributed by atoms with Gasteiger partial charge in [-0.15, -0.1) is 0 Å². The highest BCUT2D eigenvalue weighted by atomic mass is 16.5. The summed E-state index contributed by atoms with van der Waals surface area (Å²) in [6.07, 6.45) is 0.950. The minimum Gasteiger partial charge on any atom is -0.381 e. The number of carbonyl (C=O) groups excluding carboxylic acids is 3. The zero-order valence-corrected chi connectivity index (χ0v) is 12.1. The molecular weight excluding hydrogens is 262 g/mol. The van der Waals surface area contributed by atoms with Gasteiger partial charge in [-0.25, -0.2) is 4.79 Å². The maximum Gasteiger partial charge on any atom is 0.325 e. The molecule has 4 amide bonds. The van der Waals surface area contributed by atoms with Crippen molar-refractivity contribution in [3.63, 3.8) is 0 Å². The number of rotatable bonds is 4. The first-order valence-corrected chi connectivity index (χ1v) is 6.77. The van der Waals surface area contributed by atoms with E-state index >= 15 is 0 Å². The molecule has 7 heteroatoms. The Kier molecular flexibility index (Phi) is 3.99. The zero-order valence-electron chi connectivity index (χ0n) is 12.1. The third-order valence-corrected chi connectivity index (χ3v) is 3.97. The first-order valence-electron chi connectivity index (χ1n) is 6.77. The quantitative estimate of drug-likeness (QED) is 0.725. The van der Waals surface area contributed by atoms with Gasteiger partial charge in [0, 0.05) is 26.1 Å². The average Bonchev–Trinajstić information content (AvgIpc) is 2.92. The minimum atomic E-state index is -0.982. The largest absolute Gasteiger partial charge is 0.381 e. The van der Waals surface area contributed by atoms with Crippen LogP contribution in [-0.4, -0.2) is 66.5 Å². The topological polar surface area (TPSA) is 79.0 Å². The fourth-order valence-corrected chi connectivity index (χ4v) is 2.44. The lowest BCUT2D eigenvalue weighted by Gasteiger charge is -2.29. The lowest BCUT2D eigenvalue weighted by molar-refractivity contribution is -0.133. The lowest BCUT2D eigenvalue weighted by atomic mass is 10.0. The molecule has 2 heterocycles. The summed E-state index contributed by atoms with van der Waals surface area (Å²) in [5.74, 6) is -0.192.